The van der Waals surface area contributed by atoms with E-state index in [-0.39, 0.29) is 12.7 Å². The molecular formula is C25H31NO5. The van der Waals surface area contributed by atoms with Gasteiger partial charge in [-0.3, -0.25) is 4.90 Å². The van der Waals surface area contributed by atoms with Crippen LogP contribution in [0, 0.1) is 25.7 Å². The van der Waals surface area contributed by atoms with Crippen molar-refractivity contribution in [3.63, 3.8) is 0 Å². The molecule has 6 heteroatoms. The lowest BCUT2D eigenvalue weighted by Crippen LogP contribution is -2.42. The fraction of sp³-hybridized carbons (Fsp3) is 0.480. The first-order valence-corrected chi connectivity index (χ1v) is 11.0. The number of nitrogens with zero attached hydrogens (tertiary/aromatic N) is 1. The van der Waals surface area contributed by atoms with Gasteiger partial charge in [-0.25, -0.2) is 4.79 Å². The van der Waals surface area contributed by atoms with Gasteiger partial charge >= 0.3 is 5.97 Å². The molecule has 2 aromatic carbocycles. The molecule has 4 atom stereocenters. The Balaban J connectivity index is 1.39. The zero-order valence-electron chi connectivity index (χ0n) is 18.2. The van der Waals surface area contributed by atoms with E-state index in [9.17, 15) is 9.90 Å². The van der Waals surface area contributed by atoms with Gasteiger partial charge in [-0.05, 0) is 61.8 Å². The molecule has 0 spiro atoms. The number of carbonyl (C=O) groups is 1. The monoisotopic (exact) mass is 425 g/mol. The number of fused-ring (bicyclic) bond motifs is 1. The molecule has 0 bridgehead atoms. The van der Waals surface area contributed by atoms with Gasteiger partial charge in [0.05, 0.1) is 6.10 Å². The second-order valence-corrected chi connectivity index (χ2v) is 8.90. The van der Waals surface area contributed by atoms with E-state index in [0.717, 1.165) is 42.8 Å². The minimum Gasteiger partial charge on any atom is -0.487 e. The minimum atomic E-state index is -0.981. The molecule has 31 heavy (non-hydrogen) atoms. The van der Waals surface area contributed by atoms with Crippen LogP contribution >= 0.6 is 0 Å². The maximum absolute atomic E-state index is 10.9. The zero-order valence-corrected chi connectivity index (χ0v) is 18.2. The summed E-state index contributed by atoms with van der Waals surface area (Å²) in [5.74, 6) is 1.43. The lowest BCUT2D eigenvalue weighted by atomic mass is 9.78. The van der Waals surface area contributed by atoms with Gasteiger partial charge < -0.3 is 19.7 Å². The lowest BCUT2D eigenvalue weighted by molar-refractivity contribution is -0.139. The van der Waals surface area contributed by atoms with Crippen LogP contribution in [0.2, 0.25) is 0 Å². The normalized spacial score (nSPS) is 25.8. The van der Waals surface area contributed by atoms with Crippen LogP contribution in [0.25, 0.3) is 0 Å². The Morgan fingerprint density at radius 1 is 1.03 bits per heavy atom. The lowest BCUT2D eigenvalue weighted by Gasteiger charge is -2.35. The predicted molar refractivity (Wildman–Crippen MR) is 117 cm³/mol. The number of aliphatic hydroxyl groups excluding tert-OH is 1. The van der Waals surface area contributed by atoms with Crippen LogP contribution in [0.1, 0.15) is 29.5 Å². The summed E-state index contributed by atoms with van der Waals surface area (Å²) in [5, 5.41) is 19.7. The highest BCUT2D eigenvalue weighted by Gasteiger charge is 2.42. The summed E-state index contributed by atoms with van der Waals surface area (Å²) < 4.78 is 11.7. The topological polar surface area (TPSA) is 79.2 Å². The third-order valence-corrected chi connectivity index (χ3v) is 6.71. The number of carboxylic acids is 1. The van der Waals surface area contributed by atoms with Gasteiger partial charge in [-0.2, -0.15) is 0 Å². The number of hydrogen-bond donors (Lipinski definition) is 2. The van der Waals surface area contributed by atoms with E-state index < -0.39 is 12.1 Å². The first kappa shape index (κ1) is 21.7. The van der Waals surface area contributed by atoms with Crippen molar-refractivity contribution in [3.8, 4) is 11.5 Å². The van der Waals surface area contributed by atoms with Gasteiger partial charge in [0.1, 0.15) is 17.6 Å². The van der Waals surface area contributed by atoms with Crippen molar-refractivity contribution in [1.29, 1.82) is 0 Å². The van der Waals surface area contributed by atoms with E-state index in [2.05, 4.69) is 24.8 Å². The molecule has 2 aliphatic rings. The Bertz CT molecular complexity index is 930. The third kappa shape index (κ3) is 5.02. The van der Waals surface area contributed by atoms with Gasteiger partial charge in [-0.15, -0.1) is 0 Å². The number of aryl methyl sites for hydroxylation is 1. The predicted octanol–water partition coefficient (Wildman–Crippen LogP) is 3.42. The largest absolute Gasteiger partial charge is 0.487 e. The number of carboxylic acid groups (broad SMARTS) is 1. The first-order valence-electron chi connectivity index (χ1n) is 11.0. The van der Waals surface area contributed by atoms with Crippen LogP contribution in [0.15, 0.2) is 42.5 Å². The minimum absolute atomic E-state index is 0.187. The van der Waals surface area contributed by atoms with Crippen LogP contribution in [0.3, 0.4) is 0 Å². The van der Waals surface area contributed by atoms with Crippen molar-refractivity contribution in [2.45, 2.75) is 45.4 Å². The molecule has 1 heterocycles. The second kappa shape index (κ2) is 9.28. The maximum Gasteiger partial charge on any atom is 0.341 e. The van der Waals surface area contributed by atoms with Crippen molar-refractivity contribution >= 4 is 5.97 Å². The Hall–Kier alpha value is -2.57. The summed E-state index contributed by atoms with van der Waals surface area (Å²) in [5.41, 5.74) is 3.31. The first-order chi connectivity index (χ1) is 14.9. The molecular weight excluding hydrogens is 394 g/mol. The highest BCUT2D eigenvalue weighted by atomic mass is 16.5. The van der Waals surface area contributed by atoms with Gasteiger partial charge in [0.25, 0.3) is 0 Å². The molecule has 0 radical (unpaired) electrons. The molecule has 1 aliphatic carbocycles. The molecule has 0 aromatic heterocycles. The fourth-order valence-electron chi connectivity index (χ4n) is 4.91. The number of aliphatic carboxylic acids is 1. The molecule has 2 N–H and O–H groups in total. The summed E-state index contributed by atoms with van der Waals surface area (Å²) in [6, 6.07) is 13.7. The summed E-state index contributed by atoms with van der Waals surface area (Å²) >= 11 is 0. The molecule has 0 amide bonds. The van der Waals surface area contributed by atoms with Crippen molar-refractivity contribution in [1.82, 2.24) is 4.90 Å². The van der Waals surface area contributed by atoms with Crippen LogP contribution in [0.5, 0.6) is 11.5 Å². The molecule has 6 nitrogen and oxygen atoms in total. The molecule has 166 valence electrons. The Kier molecular flexibility index (Phi) is 6.49. The Morgan fingerprint density at radius 3 is 2.52 bits per heavy atom. The van der Waals surface area contributed by atoms with E-state index in [1.54, 1.807) is 0 Å². The van der Waals surface area contributed by atoms with Crippen molar-refractivity contribution in [3.05, 3.63) is 59.2 Å². The average molecular weight is 426 g/mol. The maximum atomic E-state index is 10.9. The zero-order chi connectivity index (χ0) is 22.0. The molecule has 2 aromatic rings. The number of benzene rings is 2. The van der Waals surface area contributed by atoms with Gasteiger partial charge in [0.15, 0.2) is 6.61 Å². The SMILES string of the molecule is Cc1cccc(O[C@@H]2C[C@@H]3CN(Cc4ccccc4OCC(=O)O)C[C@@H]3C[C@H]2O)c1C. The number of aliphatic hydroxyl groups is 1. The summed E-state index contributed by atoms with van der Waals surface area (Å²) in [6.07, 6.45) is 0.931. The molecule has 2 fully saturated rings. The van der Waals surface area contributed by atoms with Gasteiger partial charge in [0, 0.05) is 25.2 Å². The third-order valence-electron chi connectivity index (χ3n) is 6.71. The van der Waals surface area contributed by atoms with Crippen molar-refractivity contribution in [2.75, 3.05) is 19.7 Å². The summed E-state index contributed by atoms with van der Waals surface area (Å²) in [6.45, 7) is 6.36. The van der Waals surface area contributed by atoms with E-state index in [4.69, 9.17) is 14.6 Å². The van der Waals surface area contributed by atoms with E-state index in [0.29, 0.717) is 24.1 Å². The van der Waals surface area contributed by atoms with Crippen molar-refractivity contribution < 1.29 is 24.5 Å². The van der Waals surface area contributed by atoms with E-state index in [1.807, 2.05) is 36.4 Å². The molecule has 0 unspecified atom stereocenters. The Morgan fingerprint density at radius 2 is 1.74 bits per heavy atom. The van der Waals surface area contributed by atoms with Crippen LogP contribution < -0.4 is 9.47 Å². The molecule has 1 aliphatic heterocycles. The number of hydrogen-bond acceptors (Lipinski definition) is 5. The highest BCUT2D eigenvalue weighted by Crippen LogP contribution is 2.39. The van der Waals surface area contributed by atoms with Gasteiger partial charge in [-0.1, -0.05) is 30.3 Å². The number of para-hydroxylation sites is 1. The van der Waals surface area contributed by atoms with Crippen LogP contribution in [-0.2, 0) is 11.3 Å². The van der Waals surface area contributed by atoms with Crippen LogP contribution in [-0.4, -0.2) is 53.0 Å². The number of ether oxygens (including phenoxy) is 2. The molecule has 1 saturated carbocycles. The van der Waals surface area contributed by atoms with Crippen LogP contribution in [0.4, 0.5) is 0 Å². The fourth-order valence-corrected chi connectivity index (χ4v) is 4.91. The Labute approximate surface area is 183 Å². The second-order valence-electron chi connectivity index (χ2n) is 8.90. The van der Waals surface area contributed by atoms with Crippen molar-refractivity contribution in [2.24, 2.45) is 11.8 Å². The standard InChI is InChI=1S/C25H31NO5/c1-16-6-5-9-22(17(16)2)31-24-11-20-14-26(13-19(20)10-21(24)27)12-18-7-3-4-8-23(18)30-15-25(28)29/h3-9,19-21,24,27H,10-15H2,1-2H3,(H,28,29)/t19-,20+,21+,24+/m0/s1. The van der Waals surface area contributed by atoms with Gasteiger partial charge in [0.2, 0.25) is 0 Å². The van der Waals surface area contributed by atoms with E-state index in [1.165, 1.54) is 5.56 Å². The molecule has 4 rings (SSSR count). The number of likely N-dealkylation sites (tertiary alicyclic amines) is 1. The average Bonchev–Trinajstić information content (AvgIpc) is 3.11. The highest BCUT2D eigenvalue weighted by molar-refractivity contribution is 5.68. The quantitative estimate of drug-likeness (QED) is 0.708. The number of rotatable bonds is 7. The summed E-state index contributed by atoms with van der Waals surface area (Å²) in [4.78, 5) is 13.2. The molecule has 1 saturated heterocycles. The summed E-state index contributed by atoms with van der Waals surface area (Å²) in [7, 11) is 0. The van der Waals surface area contributed by atoms with E-state index >= 15 is 0 Å². The smallest absolute Gasteiger partial charge is 0.341 e.